The molecule has 50 valence electrons. The third kappa shape index (κ3) is 6.54. The number of nitrogens with one attached hydrogen (secondary N) is 1. The van der Waals surface area contributed by atoms with Crippen LogP contribution in [0.5, 0.6) is 0 Å². The zero-order valence-corrected chi connectivity index (χ0v) is 6.30. The van der Waals surface area contributed by atoms with E-state index in [9.17, 15) is 0 Å². The summed E-state index contributed by atoms with van der Waals surface area (Å²) in [5.74, 6) is 0. The van der Waals surface area contributed by atoms with Gasteiger partial charge in [0.2, 0.25) is 0 Å². The molecule has 0 aliphatic carbocycles. The Bertz CT molecular complexity index is 29.8. The largest absolute Gasteiger partial charge is 0.317 e. The highest BCUT2D eigenvalue weighted by Gasteiger charge is 1.93. The molecule has 0 aromatic heterocycles. The number of hydrogen-bond donors (Lipinski definition) is 1. The molecule has 1 nitrogen and oxygen atoms in total. The van der Waals surface area contributed by atoms with Gasteiger partial charge in [0, 0.05) is 0 Å². The summed E-state index contributed by atoms with van der Waals surface area (Å²) in [4.78, 5) is 0. The zero-order valence-electron chi connectivity index (χ0n) is 4.79. The van der Waals surface area contributed by atoms with E-state index < -0.39 is 0 Å². The summed E-state index contributed by atoms with van der Waals surface area (Å²) in [7, 11) is 0. The van der Waals surface area contributed by atoms with Crippen molar-refractivity contribution in [1.29, 1.82) is 0 Å². The molecule has 1 N–H and O–H groups in total. The van der Waals surface area contributed by atoms with Crippen molar-refractivity contribution >= 4 is 23.2 Å². The second-order valence-electron chi connectivity index (χ2n) is 1.56. The number of rotatable bonds is 0. The van der Waals surface area contributed by atoms with E-state index in [0.29, 0.717) is 0 Å². The minimum atomic E-state index is 0.194. The molecule has 8 heavy (non-hydrogen) atoms. The van der Waals surface area contributed by atoms with Crippen LogP contribution in [0.15, 0.2) is 0 Å². The van der Waals surface area contributed by atoms with Crippen molar-refractivity contribution in [3.8, 4) is 0 Å². The van der Waals surface area contributed by atoms with E-state index in [1.54, 1.807) is 0 Å². The smallest absolute Gasteiger partial charge is 0.0967 e. The highest BCUT2D eigenvalue weighted by atomic mass is 35.5. The fourth-order valence-corrected chi connectivity index (χ4v) is 0.625. The Labute approximate surface area is 60.4 Å². The predicted octanol–water partition coefficient (Wildman–Crippen LogP) is 1.79. The van der Waals surface area contributed by atoms with Gasteiger partial charge < -0.3 is 5.32 Å². The molecule has 1 rings (SSSR count). The fraction of sp³-hybridized carbons (Fsp3) is 1.00. The summed E-state index contributed by atoms with van der Waals surface area (Å²) in [5, 5.41) is 3.42. The molecule has 0 spiro atoms. The first-order valence-electron chi connectivity index (χ1n) is 2.74. The first-order valence-corrected chi connectivity index (χ1v) is 3.81. The third-order valence-corrected chi connectivity index (χ3v) is 0.957. The summed E-state index contributed by atoms with van der Waals surface area (Å²) in [5.41, 5.74) is 0. The van der Waals surface area contributed by atoms with Gasteiger partial charge in [0.05, 0.1) is 5.34 Å². The van der Waals surface area contributed by atoms with Gasteiger partial charge in [-0.25, -0.2) is 0 Å². The van der Waals surface area contributed by atoms with Crippen molar-refractivity contribution in [3.05, 3.63) is 0 Å². The van der Waals surface area contributed by atoms with Gasteiger partial charge in [0.25, 0.3) is 0 Å². The van der Waals surface area contributed by atoms with Gasteiger partial charge in [0.1, 0.15) is 0 Å². The molecule has 0 bridgehead atoms. The Morgan fingerprint density at radius 1 is 1.12 bits per heavy atom. The standard InChI is InChI=1S/C4H9N.CH2Cl2/c1-2-4-5-3-1;2-1-3/h5H,1-4H2;1H2. The van der Waals surface area contributed by atoms with Crippen molar-refractivity contribution < 1.29 is 0 Å². The van der Waals surface area contributed by atoms with E-state index in [1.807, 2.05) is 0 Å². The summed E-state index contributed by atoms with van der Waals surface area (Å²) in [6.07, 6.45) is 2.78. The summed E-state index contributed by atoms with van der Waals surface area (Å²) in [6, 6.07) is 0. The van der Waals surface area contributed by atoms with Crippen LogP contribution in [0.1, 0.15) is 12.8 Å². The van der Waals surface area contributed by atoms with E-state index in [4.69, 9.17) is 23.2 Å². The molecule has 0 radical (unpaired) electrons. The molecule has 0 amide bonds. The Balaban J connectivity index is 0.000000145. The number of halogens is 2. The van der Waals surface area contributed by atoms with Crippen LogP contribution in [0.25, 0.3) is 0 Å². The maximum Gasteiger partial charge on any atom is 0.0967 e. The monoisotopic (exact) mass is 155 g/mol. The van der Waals surface area contributed by atoms with Crippen LogP contribution < -0.4 is 5.32 Å². The topological polar surface area (TPSA) is 12.0 Å². The first kappa shape index (κ1) is 8.54. The summed E-state index contributed by atoms with van der Waals surface area (Å²) in [6.45, 7) is 2.50. The average Bonchev–Trinajstić information content (AvgIpc) is 2.17. The van der Waals surface area contributed by atoms with E-state index in [1.165, 1.54) is 25.9 Å². The molecular weight excluding hydrogens is 145 g/mol. The molecule has 0 atom stereocenters. The highest BCUT2D eigenvalue weighted by molar-refractivity contribution is 6.40. The summed E-state index contributed by atoms with van der Waals surface area (Å²) < 4.78 is 0. The van der Waals surface area contributed by atoms with Gasteiger partial charge in [-0.2, -0.15) is 0 Å². The van der Waals surface area contributed by atoms with E-state index in [-0.39, 0.29) is 5.34 Å². The van der Waals surface area contributed by atoms with Crippen LogP contribution in [-0.4, -0.2) is 18.4 Å². The maximum atomic E-state index is 4.76. The Kier molecular flexibility index (Phi) is 8.05. The van der Waals surface area contributed by atoms with Crippen LogP contribution in [0.3, 0.4) is 0 Å². The van der Waals surface area contributed by atoms with Gasteiger partial charge in [0.15, 0.2) is 0 Å². The maximum absolute atomic E-state index is 4.76. The Hall–Kier alpha value is 0.540. The minimum absolute atomic E-state index is 0.194. The number of hydrogen-bond acceptors (Lipinski definition) is 1. The van der Waals surface area contributed by atoms with Crippen LogP contribution in [0.2, 0.25) is 0 Å². The molecule has 1 aliphatic rings. The van der Waals surface area contributed by atoms with Gasteiger partial charge in [-0.1, -0.05) is 0 Å². The van der Waals surface area contributed by atoms with Gasteiger partial charge in [-0.05, 0) is 25.9 Å². The Morgan fingerprint density at radius 2 is 1.50 bits per heavy atom. The quantitative estimate of drug-likeness (QED) is 0.527. The molecule has 0 aromatic carbocycles. The molecule has 1 fully saturated rings. The lowest BCUT2D eigenvalue weighted by atomic mass is 10.4. The van der Waals surface area contributed by atoms with Crippen LogP contribution in [0.4, 0.5) is 0 Å². The third-order valence-electron chi connectivity index (χ3n) is 0.957. The molecule has 1 heterocycles. The SMILES string of the molecule is C1CCNC1.ClCCl. The van der Waals surface area contributed by atoms with Crippen LogP contribution >= 0.6 is 23.2 Å². The Morgan fingerprint density at radius 3 is 1.62 bits per heavy atom. The van der Waals surface area contributed by atoms with Gasteiger partial charge >= 0.3 is 0 Å². The normalized spacial score (nSPS) is 17.2. The average molecular weight is 156 g/mol. The zero-order chi connectivity index (χ0) is 6.24. The second kappa shape index (κ2) is 7.54. The number of alkyl halides is 2. The lowest BCUT2D eigenvalue weighted by molar-refractivity contribution is 0.857. The first-order chi connectivity index (χ1) is 3.91. The second-order valence-corrected chi connectivity index (χ2v) is 2.37. The molecular formula is C5H11Cl2N. The van der Waals surface area contributed by atoms with Gasteiger partial charge in [-0.3, -0.25) is 0 Å². The molecule has 1 aliphatic heterocycles. The van der Waals surface area contributed by atoms with Crippen molar-refractivity contribution in [2.45, 2.75) is 12.8 Å². The predicted molar refractivity (Wildman–Crippen MR) is 38.7 cm³/mol. The molecule has 1 saturated heterocycles. The molecule has 3 heteroatoms. The van der Waals surface area contributed by atoms with Crippen LogP contribution in [0, 0.1) is 0 Å². The van der Waals surface area contributed by atoms with Crippen molar-refractivity contribution in [1.82, 2.24) is 5.32 Å². The molecule has 0 aromatic rings. The summed E-state index contributed by atoms with van der Waals surface area (Å²) >= 11 is 9.53. The highest BCUT2D eigenvalue weighted by Crippen LogP contribution is 1.90. The van der Waals surface area contributed by atoms with E-state index in [0.717, 1.165) is 0 Å². The lowest BCUT2D eigenvalue weighted by Crippen LogP contribution is -2.03. The van der Waals surface area contributed by atoms with E-state index in [2.05, 4.69) is 5.32 Å². The van der Waals surface area contributed by atoms with E-state index >= 15 is 0 Å². The van der Waals surface area contributed by atoms with Crippen LogP contribution in [-0.2, 0) is 0 Å². The fourth-order valence-electron chi connectivity index (χ4n) is 0.625. The van der Waals surface area contributed by atoms with Gasteiger partial charge in [-0.15, -0.1) is 23.2 Å². The van der Waals surface area contributed by atoms with Crippen molar-refractivity contribution in [2.24, 2.45) is 0 Å². The van der Waals surface area contributed by atoms with Crippen molar-refractivity contribution in [3.63, 3.8) is 0 Å². The van der Waals surface area contributed by atoms with Crippen molar-refractivity contribution in [2.75, 3.05) is 18.4 Å². The molecule has 0 unspecified atom stereocenters. The lowest BCUT2D eigenvalue weighted by Gasteiger charge is -1.76. The minimum Gasteiger partial charge on any atom is -0.317 e. The molecule has 0 saturated carbocycles.